The number of amides is 1. The summed E-state index contributed by atoms with van der Waals surface area (Å²) in [6.07, 6.45) is -4.19. The lowest BCUT2D eigenvalue weighted by Crippen LogP contribution is -2.42. The first-order valence-corrected chi connectivity index (χ1v) is 10.2. The molecule has 150 valence electrons. The number of hydrogen-bond acceptors (Lipinski definition) is 4. The van der Waals surface area contributed by atoms with Crippen LogP contribution in [0.15, 0.2) is 59.5 Å². The average Bonchev–Trinajstić information content (AvgIpc) is 2.67. The first-order valence-electron chi connectivity index (χ1n) is 8.61. The number of ether oxygens (including phenoxy) is 1. The molecule has 1 fully saturated rings. The second-order valence-corrected chi connectivity index (χ2v) is 8.65. The maximum absolute atomic E-state index is 12.7. The number of benzene rings is 2. The molecule has 1 aliphatic rings. The highest BCUT2D eigenvalue weighted by Crippen LogP contribution is 2.26. The van der Waals surface area contributed by atoms with Gasteiger partial charge in [0, 0.05) is 18.7 Å². The molecule has 1 saturated heterocycles. The van der Waals surface area contributed by atoms with Gasteiger partial charge in [0.15, 0.2) is 9.84 Å². The number of alkyl halides is 3. The van der Waals surface area contributed by atoms with Crippen molar-refractivity contribution in [3.63, 3.8) is 0 Å². The van der Waals surface area contributed by atoms with Crippen molar-refractivity contribution in [2.24, 2.45) is 0 Å². The van der Waals surface area contributed by atoms with Crippen LogP contribution in [0.4, 0.5) is 13.2 Å². The molecule has 2 aromatic rings. The fourth-order valence-corrected chi connectivity index (χ4v) is 4.91. The van der Waals surface area contributed by atoms with Crippen LogP contribution in [-0.2, 0) is 9.84 Å². The summed E-state index contributed by atoms with van der Waals surface area (Å²) in [5, 5.41) is -0.568. The molecule has 28 heavy (non-hydrogen) atoms. The van der Waals surface area contributed by atoms with Crippen molar-refractivity contribution in [3.05, 3.63) is 60.2 Å². The number of piperidine rings is 1. The molecule has 0 aromatic heterocycles. The van der Waals surface area contributed by atoms with Crippen molar-refractivity contribution in [3.8, 4) is 5.75 Å². The van der Waals surface area contributed by atoms with E-state index in [1.165, 1.54) is 17.0 Å². The minimum absolute atomic E-state index is 0.221. The monoisotopic (exact) mass is 413 g/mol. The molecular formula is C19H18F3NO4S. The summed E-state index contributed by atoms with van der Waals surface area (Å²) in [5.74, 6) is -0.758. The standard InChI is InChI=1S/C19H18F3NO4S/c20-19(21,22)27-15-8-6-14(7-9-15)18(24)23-12-10-17(11-13-23)28(25,26)16-4-2-1-3-5-16/h1-9,17H,10-13H2. The van der Waals surface area contributed by atoms with Gasteiger partial charge < -0.3 is 9.64 Å². The number of nitrogens with zero attached hydrogens (tertiary/aromatic N) is 1. The van der Waals surface area contributed by atoms with Gasteiger partial charge in [-0.15, -0.1) is 13.2 Å². The fraction of sp³-hybridized carbons (Fsp3) is 0.316. The van der Waals surface area contributed by atoms with E-state index in [1.54, 1.807) is 30.3 Å². The predicted octanol–water partition coefficient (Wildman–Crippen LogP) is 3.66. The second kappa shape index (κ2) is 7.83. The molecule has 3 rings (SSSR count). The molecule has 0 saturated carbocycles. The van der Waals surface area contributed by atoms with Crippen LogP contribution in [0.5, 0.6) is 5.75 Å². The Morgan fingerprint density at radius 1 is 0.964 bits per heavy atom. The minimum Gasteiger partial charge on any atom is -0.406 e. The Labute approximate surface area is 160 Å². The van der Waals surface area contributed by atoms with Gasteiger partial charge in [-0.05, 0) is 49.2 Å². The topological polar surface area (TPSA) is 63.7 Å². The Hall–Kier alpha value is -2.55. The Morgan fingerprint density at radius 2 is 1.54 bits per heavy atom. The third kappa shape index (κ3) is 4.64. The van der Waals surface area contributed by atoms with E-state index in [4.69, 9.17) is 0 Å². The number of hydrogen-bond donors (Lipinski definition) is 0. The van der Waals surface area contributed by atoms with Crippen LogP contribution in [0.2, 0.25) is 0 Å². The number of likely N-dealkylation sites (tertiary alicyclic amines) is 1. The first-order chi connectivity index (χ1) is 13.2. The average molecular weight is 413 g/mol. The normalized spacial score (nSPS) is 16.0. The van der Waals surface area contributed by atoms with E-state index in [2.05, 4.69) is 4.74 Å². The van der Waals surface area contributed by atoms with Crippen molar-refractivity contribution in [1.29, 1.82) is 0 Å². The maximum Gasteiger partial charge on any atom is 0.573 e. The molecule has 1 heterocycles. The highest BCUT2D eigenvalue weighted by atomic mass is 32.2. The Kier molecular flexibility index (Phi) is 5.64. The van der Waals surface area contributed by atoms with E-state index in [0.29, 0.717) is 12.8 Å². The van der Waals surface area contributed by atoms with Crippen LogP contribution in [0.1, 0.15) is 23.2 Å². The number of halogens is 3. The van der Waals surface area contributed by atoms with Crippen molar-refractivity contribution in [2.75, 3.05) is 13.1 Å². The van der Waals surface area contributed by atoms with E-state index in [1.807, 2.05) is 0 Å². The zero-order valence-electron chi connectivity index (χ0n) is 14.7. The van der Waals surface area contributed by atoms with Gasteiger partial charge in [-0.1, -0.05) is 18.2 Å². The van der Waals surface area contributed by atoms with Crippen LogP contribution in [0.3, 0.4) is 0 Å². The fourth-order valence-electron chi connectivity index (χ4n) is 3.15. The molecule has 0 unspecified atom stereocenters. The molecule has 0 radical (unpaired) electrons. The molecule has 5 nitrogen and oxygen atoms in total. The largest absolute Gasteiger partial charge is 0.573 e. The van der Waals surface area contributed by atoms with Gasteiger partial charge in [0.25, 0.3) is 5.91 Å². The van der Waals surface area contributed by atoms with E-state index in [-0.39, 0.29) is 29.5 Å². The Morgan fingerprint density at radius 3 is 2.07 bits per heavy atom. The zero-order chi connectivity index (χ0) is 20.4. The SMILES string of the molecule is O=C(c1ccc(OC(F)(F)F)cc1)N1CCC(S(=O)(=O)c2ccccc2)CC1. The van der Waals surface area contributed by atoms with Crippen molar-refractivity contribution < 1.29 is 31.1 Å². The Balaban J connectivity index is 1.62. The highest BCUT2D eigenvalue weighted by molar-refractivity contribution is 7.92. The molecule has 0 aliphatic carbocycles. The van der Waals surface area contributed by atoms with Crippen molar-refractivity contribution in [1.82, 2.24) is 4.90 Å². The lowest BCUT2D eigenvalue weighted by molar-refractivity contribution is -0.274. The van der Waals surface area contributed by atoms with E-state index < -0.39 is 27.2 Å². The van der Waals surface area contributed by atoms with Crippen LogP contribution < -0.4 is 4.74 Å². The lowest BCUT2D eigenvalue weighted by atomic mass is 10.1. The van der Waals surface area contributed by atoms with Gasteiger partial charge in [0.05, 0.1) is 10.1 Å². The smallest absolute Gasteiger partial charge is 0.406 e. The summed E-state index contributed by atoms with van der Waals surface area (Å²) in [6, 6.07) is 12.8. The third-order valence-corrected chi connectivity index (χ3v) is 6.85. The molecule has 0 bridgehead atoms. The van der Waals surface area contributed by atoms with E-state index >= 15 is 0 Å². The summed E-state index contributed by atoms with van der Waals surface area (Å²) in [4.78, 5) is 14.3. The van der Waals surface area contributed by atoms with Gasteiger partial charge in [0.1, 0.15) is 5.75 Å². The Bertz CT molecular complexity index is 920. The third-order valence-electron chi connectivity index (χ3n) is 4.57. The number of sulfone groups is 1. The highest BCUT2D eigenvalue weighted by Gasteiger charge is 2.33. The molecule has 9 heteroatoms. The number of rotatable bonds is 4. The van der Waals surface area contributed by atoms with Crippen LogP contribution in [0.25, 0.3) is 0 Å². The lowest BCUT2D eigenvalue weighted by Gasteiger charge is -2.31. The van der Waals surface area contributed by atoms with Crippen molar-refractivity contribution in [2.45, 2.75) is 29.3 Å². The van der Waals surface area contributed by atoms with E-state index in [9.17, 15) is 26.4 Å². The molecule has 0 atom stereocenters. The number of carbonyl (C=O) groups excluding carboxylic acids is 1. The van der Waals surface area contributed by atoms with Gasteiger partial charge in [0.2, 0.25) is 0 Å². The summed E-state index contributed by atoms with van der Waals surface area (Å²) in [5.41, 5.74) is 0.221. The predicted molar refractivity (Wildman–Crippen MR) is 95.7 cm³/mol. The second-order valence-electron chi connectivity index (χ2n) is 6.42. The van der Waals surface area contributed by atoms with Gasteiger partial charge in [-0.25, -0.2) is 8.42 Å². The summed E-state index contributed by atoms with van der Waals surface area (Å²) in [6.45, 7) is 0.521. The zero-order valence-corrected chi connectivity index (χ0v) is 15.5. The maximum atomic E-state index is 12.7. The summed E-state index contributed by atoms with van der Waals surface area (Å²) >= 11 is 0. The van der Waals surface area contributed by atoms with Gasteiger partial charge in [-0.2, -0.15) is 0 Å². The quantitative estimate of drug-likeness (QED) is 0.768. The molecule has 1 aliphatic heterocycles. The van der Waals surface area contributed by atoms with Gasteiger partial charge in [-0.3, -0.25) is 4.79 Å². The van der Waals surface area contributed by atoms with Crippen LogP contribution in [0, 0.1) is 0 Å². The first kappa shape index (κ1) is 20.2. The summed E-state index contributed by atoms with van der Waals surface area (Å²) < 4.78 is 65.7. The van der Waals surface area contributed by atoms with Crippen LogP contribution >= 0.6 is 0 Å². The van der Waals surface area contributed by atoms with Crippen molar-refractivity contribution >= 4 is 15.7 Å². The van der Waals surface area contributed by atoms with Gasteiger partial charge >= 0.3 is 6.36 Å². The minimum atomic E-state index is -4.79. The van der Waals surface area contributed by atoms with Crippen LogP contribution in [-0.4, -0.2) is 43.9 Å². The summed E-state index contributed by atoms with van der Waals surface area (Å²) in [7, 11) is -3.46. The number of carbonyl (C=O) groups is 1. The molecule has 0 spiro atoms. The molecule has 1 amide bonds. The molecular weight excluding hydrogens is 395 g/mol. The molecule has 2 aromatic carbocycles. The van der Waals surface area contributed by atoms with E-state index in [0.717, 1.165) is 12.1 Å². The molecule has 0 N–H and O–H groups in total.